The van der Waals surface area contributed by atoms with Crippen molar-refractivity contribution in [2.75, 3.05) is 6.26 Å². The van der Waals surface area contributed by atoms with E-state index in [0.717, 1.165) is 4.91 Å². The van der Waals surface area contributed by atoms with E-state index in [-0.39, 0.29) is 0 Å². The van der Waals surface area contributed by atoms with E-state index in [0.29, 0.717) is 0 Å². The Morgan fingerprint density at radius 2 is 2.75 bits per heavy atom. The highest BCUT2D eigenvalue weighted by molar-refractivity contribution is 8.02. The third-order valence-corrected chi connectivity index (χ3v) is 1.49. The quantitative estimate of drug-likeness (QED) is 0.565. The van der Waals surface area contributed by atoms with Crippen molar-refractivity contribution in [2.24, 2.45) is 5.10 Å². The third-order valence-electron chi connectivity index (χ3n) is 0.778. The van der Waals surface area contributed by atoms with Gasteiger partial charge in [-0.25, -0.2) is 0 Å². The van der Waals surface area contributed by atoms with Crippen LogP contribution in [0.15, 0.2) is 22.3 Å². The number of nitrogens with zero attached hydrogens (tertiary/aromatic N) is 1. The van der Waals surface area contributed by atoms with Crippen molar-refractivity contribution in [1.29, 1.82) is 0 Å². The molecule has 0 atom stereocenters. The molecule has 0 saturated heterocycles. The van der Waals surface area contributed by atoms with Gasteiger partial charge >= 0.3 is 0 Å². The lowest BCUT2D eigenvalue weighted by Crippen LogP contribution is -1.96. The molecule has 1 heterocycles. The molecule has 3 heteroatoms. The van der Waals surface area contributed by atoms with Gasteiger partial charge in [-0.3, -0.25) is 5.43 Å². The zero-order valence-electron chi connectivity index (χ0n) is 4.51. The normalized spacial score (nSPS) is 15.4. The Labute approximate surface area is 52.4 Å². The highest BCUT2D eigenvalue weighted by atomic mass is 32.2. The summed E-state index contributed by atoms with van der Waals surface area (Å²) in [6.07, 6.45) is 5.68. The van der Waals surface area contributed by atoms with Gasteiger partial charge in [0.25, 0.3) is 0 Å². The molecule has 42 valence electrons. The summed E-state index contributed by atoms with van der Waals surface area (Å²) in [5, 5.41) is 3.63. The fraction of sp³-hybridized carbons (Fsp3) is 0.200. The number of hydrazone groups is 1. The van der Waals surface area contributed by atoms with Crippen LogP contribution in [-0.2, 0) is 0 Å². The Bertz CT molecular complexity index is 165. The van der Waals surface area contributed by atoms with Crippen LogP contribution in [0.2, 0.25) is 0 Å². The van der Waals surface area contributed by atoms with E-state index in [1.807, 2.05) is 18.5 Å². The van der Waals surface area contributed by atoms with E-state index < -0.39 is 0 Å². The van der Waals surface area contributed by atoms with Crippen molar-refractivity contribution in [3.63, 3.8) is 0 Å². The van der Waals surface area contributed by atoms with Crippen molar-refractivity contribution in [2.45, 2.75) is 0 Å². The molecule has 1 N–H and O–H groups in total. The molecule has 0 spiro atoms. The standard InChI is InChI=1S/C5H6N2S/c1-8-5-2-3-6-7-4-5/h2,4,7H,1H3. The Morgan fingerprint density at radius 1 is 1.88 bits per heavy atom. The second-order valence-electron chi connectivity index (χ2n) is 1.27. The van der Waals surface area contributed by atoms with Gasteiger partial charge in [-0.2, -0.15) is 0 Å². The summed E-state index contributed by atoms with van der Waals surface area (Å²) in [5.74, 6) is 2.69. The first kappa shape index (κ1) is 5.48. The van der Waals surface area contributed by atoms with Gasteiger partial charge in [0.15, 0.2) is 0 Å². The largest absolute Gasteiger partial charge is 0.277 e. The molecular weight excluding hydrogens is 120 g/mol. The molecule has 0 fully saturated rings. The average molecular weight is 126 g/mol. The molecule has 0 radical (unpaired) electrons. The van der Waals surface area contributed by atoms with E-state index in [1.165, 1.54) is 0 Å². The summed E-state index contributed by atoms with van der Waals surface area (Å²) in [6.45, 7) is 0. The smallest absolute Gasteiger partial charge is 0.0350 e. The Balaban J connectivity index is 2.68. The van der Waals surface area contributed by atoms with Gasteiger partial charge in [-0.05, 0) is 6.26 Å². The monoisotopic (exact) mass is 126 g/mol. The SMILES string of the molecule is CSC1=CNN=C=C1. The average Bonchev–Trinajstić information content (AvgIpc) is 1.90. The predicted molar refractivity (Wildman–Crippen MR) is 36.7 cm³/mol. The van der Waals surface area contributed by atoms with E-state index >= 15 is 0 Å². The number of allylic oxidation sites excluding steroid dienone is 1. The Morgan fingerprint density at radius 3 is 3.12 bits per heavy atom. The summed E-state index contributed by atoms with van der Waals surface area (Å²) in [5.41, 5.74) is 2.69. The van der Waals surface area contributed by atoms with Crippen LogP contribution < -0.4 is 5.43 Å². The second kappa shape index (κ2) is 2.60. The minimum atomic E-state index is 1.15. The number of rotatable bonds is 1. The molecule has 0 aromatic carbocycles. The molecule has 0 unspecified atom stereocenters. The number of nitrogens with one attached hydrogen (secondary N) is 1. The molecule has 1 aliphatic heterocycles. The highest BCUT2D eigenvalue weighted by Crippen LogP contribution is 2.10. The van der Waals surface area contributed by atoms with Gasteiger partial charge in [0.2, 0.25) is 0 Å². The van der Waals surface area contributed by atoms with Crippen molar-refractivity contribution >= 4 is 17.6 Å². The molecule has 0 aromatic heterocycles. The predicted octanol–water partition coefficient (Wildman–Crippen LogP) is 0.935. The second-order valence-corrected chi connectivity index (χ2v) is 2.14. The third kappa shape index (κ3) is 1.15. The molecule has 2 nitrogen and oxygen atoms in total. The van der Waals surface area contributed by atoms with Crippen LogP contribution in [0.3, 0.4) is 0 Å². The van der Waals surface area contributed by atoms with E-state index in [1.54, 1.807) is 11.8 Å². The van der Waals surface area contributed by atoms with E-state index in [4.69, 9.17) is 0 Å². The van der Waals surface area contributed by atoms with Crippen molar-refractivity contribution < 1.29 is 0 Å². The molecule has 8 heavy (non-hydrogen) atoms. The highest BCUT2D eigenvalue weighted by Gasteiger charge is 1.87. The Kier molecular flexibility index (Phi) is 1.78. The van der Waals surface area contributed by atoms with Gasteiger partial charge < -0.3 is 0 Å². The molecule has 0 bridgehead atoms. The summed E-state index contributed by atoms with van der Waals surface area (Å²) < 4.78 is 0. The minimum absolute atomic E-state index is 1.15. The number of hydrogen-bond acceptors (Lipinski definition) is 3. The van der Waals surface area contributed by atoms with Gasteiger partial charge in [0, 0.05) is 23.1 Å². The zero-order valence-corrected chi connectivity index (χ0v) is 5.33. The van der Waals surface area contributed by atoms with Crippen LogP contribution in [0.5, 0.6) is 0 Å². The Hall–Kier alpha value is -0.660. The topological polar surface area (TPSA) is 24.4 Å². The van der Waals surface area contributed by atoms with Gasteiger partial charge in [-0.1, -0.05) is 0 Å². The van der Waals surface area contributed by atoms with Crippen LogP contribution in [0.25, 0.3) is 0 Å². The van der Waals surface area contributed by atoms with E-state index in [2.05, 4.69) is 16.4 Å². The summed E-state index contributed by atoms with van der Waals surface area (Å²) in [6, 6.07) is 0. The first-order chi connectivity index (χ1) is 3.93. The maximum absolute atomic E-state index is 3.63. The summed E-state index contributed by atoms with van der Waals surface area (Å²) in [7, 11) is 0. The molecule has 0 aromatic rings. The lowest BCUT2D eigenvalue weighted by atomic mass is 10.6. The fourth-order valence-corrected chi connectivity index (χ4v) is 0.730. The maximum atomic E-state index is 3.63. The molecular formula is C5H6N2S. The van der Waals surface area contributed by atoms with Gasteiger partial charge in [0.1, 0.15) is 0 Å². The molecule has 1 rings (SSSR count). The van der Waals surface area contributed by atoms with Crippen LogP contribution in [-0.4, -0.2) is 12.1 Å². The molecule has 0 aliphatic carbocycles. The van der Waals surface area contributed by atoms with Crippen molar-refractivity contribution in [1.82, 2.24) is 5.43 Å². The lowest BCUT2D eigenvalue weighted by molar-refractivity contribution is 0.970. The van der Waals surface area contributed by atoms with Crippen molar-refractivity contribution in [3.8, 4) is 0 Å². The summed E-state index contributed by atoms with van der Waals surface area (Å²) in [4.78, 5) is 1.15. The fourth-order valence-electron chi connectivity index (χ4n) is 0.389. The molecule has 1 aliphatic rings. The summed E-state index contributed by atoms with van der Waals surface area (Å²) >= 11 is 1.67. The van der Waals surface area contributed by atoms with Crippen LogP contribution in [0.1, 0.15) is 0 Å². The van der Waals surface area contributed by atoms with Gasteiger partial charge in [-0.15, -0.1) is 16.9 Å². The van der Waals surface area contributed by atoms with Crippen molar-refractivity contribution in [3.05, 3.63) is 17.2 Å². The molecule has 0 amide bonds. The van der Waals surface area contributed by atoms with Crippen LogP contribution >= 0.6 is 11.8 Å². The first-order valence-corrected chi connectivity index (χ1v) is 3.44. The van der Waals surface area contributed by atoms with Gasteiger partial charge in [0.05, 0.1) is 0 Å². The number of thioether (sulfide) groups is 1. The number of hydrogen-bond donors (Lipinski definition) is 1. The lowest BCUT2D eigenvalue weighted by Gasteiger charge is -1.96. The van der Waals surface area contributed by atoms with E-state index in [9.17, 15) is 0 Å². The first-order valence-electron chi connectivity index (χ1n) is 2.21. The molecule has 0 saturated carbocycles. The maximum Gasteiger partial charge on any atom is 0.0350 e. The van der Waals surface area contributed by atoms with Crippen LogP contribution in [0.4, 0.5) is 0 Å². The zero-order chi connectivity index (χ0) is 5.82. The minimum Gasteiger partial charge on any atom is -0.277 e. The van der Waals surface area contributed by atoms with Crippen LogP contribution in [0, 0.1) is 0 Å².